The molecule has 1 aromatic heterocycles. The van der Waals surface area contributed by atoms with E-state index in [1.54, 1.807) is 11.1 Å². The van der Waals surface area contributed by atoms with E-state index in [1.807, 2.05) is 13.0 Å². The second-order valence-corrected chi connectivity index (χ2v) is 6.61. The highest BCUT2D eigenvalue weighted by Gasteiger charge is 2.24. The summed E-state index contributed by atoms with van der Waals surface area (Å²) in [4.78, 5) is 18.0. The molecule has 0 saturated carbocycles. The molecule has 0 atom stereocenters. The Balaban J connectivity index is 1.50. The van der Waals surface area contributed by atoms with E-state index in [-0.39, 0.29) is 12.1 Å². The van der Waals surface area contributed by atoms with Gasteiger partial charge in [-0.1, -0.05) is 29.8 Å². The van der Waals surface area contributed by atoms with Crippen molar-refractivity contribution in [2.24, 2.45) is 0 Å². The molecule has 1 aromatic carbocycles. The number of amides is 1. The molecule has 0 unspecified atom stereocenters. The van der Waals surface area contributed by atoms with Crippen molar-refractivity contribution >= 4 is 17.9 Å². The Labute approximate surface area is 159 Å². The van der Waals surface area contributed by atoms with Crippen LogP contribution in [-0.4, -0.2) is 51.9 Å². The van der Waals surface area contributed by atoms with E-state index in [9.17, 15) is 4.79 Å². The number of nitrogens with one attached hydrogen (secondary N) is 2. The highest BCUT2D eigenvalue weighted by Crippen LogP contribution is 2.16. The Morgan fingerprint density at radius 2 is 2.15 bits per heavy atom. The first-order valence-corrected chi connectivity index (χ1v) is 9.31. The number of aryl methyl sites for hydroxylation is 1. The molecule has 8 nitrogen and oxygen atoms in total. The standard InChI is InChI=1S/C19H26N6O2/c1-3-27-19(26)25-9-7-16(8-10-25)22-18-23-17(13-21-24-18)20-12-15-6-4-5-14(2)11-15/h4-6,11,13,16H,3,7-10,12H2,1-2H3,(H2,20,22,23,24). The summed E-state index contributed by atoms with van der Waals surface area (Å²) in [7, 11) is 0. The molecule has 2 N–H and O–H groups in total. The minimum Gasteiger partial charge on any atom is -0.450 e. The van der Waals surface area contributed by atoms with Crippen molar-refractivity contribution < 1.29 is 9.53 Å². The Kier molecular flexibility index (Phi) is 6.40. The molecule has 3 rings (SSSR count). The van der Waals surface area contributed by atoms with Gasteiger partial charge in [-0.15, -0.1) is 5.10 Å². The van der Waals surface area contributed by atoms with Gasteiger partial charge < -0.3 is 20.3 Å². The summed E-state index contributed by atoms with van der Waals surface area (Å²) in [6.45, 7) is 6.29. The molecule has 2 heterocycles. The van der Waals surface area contributed by atoms with Gasteiger partial charge in [-0.2, -0.15) is 10.1 Å². The van der Waals surface area contributed by atoms with Crippen LogP contribution >= 0.6 is 0 Å². The zero-order chi connectivity index (χ0) is 19.1. The summed E-state index contributed by atoms with van der Waals surface area (Å²) in [5.41, 5.74) is 2.42. The second kappa shape index (κ2) is 9.16. The number of carbonyl (C=O) groups is 1. The molecule has 0 aliphatic carbocycles. The molecule has 8 heteroatoms. The van der Waals surface area contributed by atoms with Gasteiger partial charge in [0.1, 0.15) is 0 Å². The monoisotopic (exact) mass is 370 g/mol. The van der Waals surface area contributed by atoms with Gasteiger partial charge in [-0.25, -0.2) is 4.79 Å². The van der Waals surface area contributed by atoms with Crippen LogP contribution in [0.4, 0.5) is 16.6 Å². The highest BCUT2D eigenvalue weighted by molar-refractivity contribution is 5.67. The summed E-state index contributed by atoms with van der Waals surface area (Å²) in [6.07, 6.45) is 3.02. The van der Waals surface area contributed by atoms with Crippen molar-refractivity contribution in [3.63, 3.8) is 0 Å². The van der Waals surface area contributed by atoms with Crippen LogP contribution in [0.3, 0.4) is 0 Å². The summed E-state index contributed by atoms with van der Waals surface area (Å²) in [5.74, 6) is 1.18. The summed E-state index contributed by atoms with van der Waals surface area (Å²) in [5, 5.41) is 14.7. The molecule has 1 aliphatic heterocycles. The van der Waals surface area contributed by atoms with Crippen LogP contribution in [0, 0.1) is 6.92 Å². The molecule has 1 amide bonds. The fraction of sp³-hybridized carbons (Fsp3) is 0.474. The van der Waals surface area contributed by atoms with Gasteiger partial charge in [-0.3, -0.25) is 0 Å². The number of hydrogen-bond acceptors (Lipinski definition) is 7. The van der Waals surface area contributed by atoms with E-state index in [1.165, 1.54) is 11.1 Å². The number of aromatic nitrogens is 3. The third-order valence-electron chi connectivity index (χ3n) is 4.47. The van der Waals surface area contributed by atoms with E-state index in [2.05, 4.69) is 50.9 Å². The van der Waals surface area contributed by atoms with Crippen LogP contribution in [-0.2, 0) is 11.3 Å². The maximum absolute atomic E-state index is 11.8. The number of likely N-dealkylation sites (tertiary alicyclic amines) is 1. The lowest BCUT2D eigenvalue weighted by Crippen LogP contribution is -2.42. The van der Waals surface area contributed by atoms with E-state index < -0.39 is 0 Å². The third kappa shape index (κ3) is 5.54. The number of piperidine rings is 1. The van der Waals surface area contributed by atoms with Crippen molar-refractivity contribution in [1.82, 2.24) is 20.1 Å². The molecule has 1 saturated heterocycles. The summed E-state index contributed by atoms with van der Waals surface area (Å²) < 4.78 is 5.04. The fourth-order valence-corrected chi connectivity index (χ4v) is 3.07. The quantitative estimate of drug-likeness (QED) is 0.808. The molecule has 2 aromatic rings. The molecule has 1 fully saturated rings. The Hall–Kier alpha value is -2.90. The highest BCUT2D eigenvalue weighted by atomic mass is 16.6. The predicted molar refractivity (Wildman–Crippen MR) is 104 cm³/mol. The smallest absolute Gasteiger partial charge is 0.409 e. The predicted octanol–water partition coefficient (Wildman–Crippen LogP) is 2.82. The van der Waals surface area contributed by atoms with Crippen molar-refractivity contribution in [3.8, 4) is 0 Å². The number of ether oxygens (including phenoxy) is 1. The SMILES string of the molecule is CCOC(=O)N1CCC(Nc2nncc(NCc3cccc(C)c3)n2)CC1. The number of hydrogen-bond donors (Lipinski definition) is 2. The van der Waals surface area contributed by atoms with E-state index in [4.69, 9.17) is 4.74 Å². The fourth-order valence-electron chi connectivity index (χ4n) is 3.07. The molecule has 144 valence electrons. The molecule has 27 heavy (non-hydrogen) atoms. The Bertz CT molecular complexity index is 761. The van der Waals surface area contributed by atoms with E-state index in [0.29, 0.717) is 38.0 Å². The maximum atomic E-state index is 11.8. The van der Waals surface area contributed by atoms with E-state index >= 15 is 0 Å². The second-order valence-electron chi connectivity index (χ2n) is 6.61. The van der Waals surface area contributed by atoms with Gasteiger partial charge in [0.05, 0.1) is 12.8 Å². The lowest BCUT2D eigenvalue weighted by atomic mass is 10.1. The van der Waals surface area contributed by atoms with Crippen LogP contribution in [0.15, 0.2) is 30.5 Å². The number of rotatable bonds is 6. The normalized spacial score (nSPS) is 14.7. The number of benzene rings is 1. The van der Waals surface area contributed by atoms with Crippen molar-refractivity contribution in [2.45, 2.75) is 39.3 Å². The maximum Gasteiger partial charge on any atom is 0.409 e. The summed E-state index contributed by atoms with van der Waals surface area (Å²) in [6, 6.07) is 8.54. The van der Waals surface area contributed by atoms with Gasteiger partial charge >= 0.3 is 6.09 Å². The average Bonchev–Trinajstić information content (AvgIpc) is 2.68. The zero-order valence-electron chi connectivity index (χ0n) is 15.8. The van der Waals surface area contributed by atoms with Gasteiger partial charge in [0.2, 0.25) is 5.95 Å². The van der Waals surface area contributed by atoms with Crippen molar-refractivity contribution in [2.75, 3.05) is 30.3 Å². The molecular formula is C19H26N6O2. The number of nitrogens with zero attached hydrogens (tertiary/aromatic N) is 4. The molecule has 0 spiro atoms. The average molecular weight is 370 g/mol. The number of anilines is 2. The topological polar surface area (TPSA) is 92.3 Å². The third-order valence-corrected chi connectivity index (χ3v) is 4.47. The van der Waals surface area contributed by atoms with Gasteiger partial charge in [0, 0.05) is 25.7 Å². The molecular weight excluding hydrogens is 344 g/mol. The Morgan fingerprint density at radius 1 is 1.33 bits per heavy atom. The largest absolute Gasteiger partial charge is 0.450 e. The minimum absolute atomic E-state index is 0.212. The first-order valence-electron chi connectivity index (χ1n) is 9.31. The molecule has 0 bridgehead atoms. The molecule has 0 radical (unpaired) electrons. The van der Waals surface area contributed by atoms with Crippen LogP contribution in [0.25, 0.3) is 0 Å². The zero-order valence-corrected chi connectivity index (χ0v) is 15.8. The van der Waals surface area contributed by atoms with Crippen LogP contribution in [0.1, 0.15) is 30.9 Å². The first-order chi connectivity index (χ1) is 13.1. The van der Waals surface area contributed by atoms with Crippen molar-refractivity contribution in [3.05, 3.63) is 41.6 Å². The van der Waals surface area contributed by atoms with Gasteiger partial charge in [-0.05, 0) is 32.3 Å². The lowest BCUT2D eigenvalue weighted by molar-refractivity contribution is 0.0983. The first kappa shape index (κ1) is 18.9. The lowest BCUT2D eigenvalue weighted by Gasteiger charge is -2.31. The molecule has 1 aliphatic rings. The van der Waals surface area contributed by atoms with E-state index in [0.717, 1.165) is 12.8 Å². The minimum atomic E-state index is -0.240. The van der Waals surface area contributed by atoms with Crippen molar-refractivity contribution in [1.29, 1.82) is 0 Å². The number of carbonyl (C=O) groups excluding carboxylic acids is 1. The Morgan fingerprint density at radius 3 is 2.89 bits per heavy atom. The van der Waals surface area contributed by atoms with Gasteiger partial charge in [0.25, 0.3) is 0 Å². The van der Waals surface area contributed by atoms with Gasteiger partial charge in [0.15, 0.2) is 5.82 Å². The van der Waals surface area contributed by atoms with Crippen LogP contribution < -0.4 is 10.6 Å². The summed E-state index contributed by atoms with van der Waals surface area (Å²) >= 11 is 0. The van der Waals surface area contributed by atoms with Crippen LogP contribution in [0.5, 0.6) is 0 Å². The van der Waals surface area contributed by atoms with Crippen LogP contribution in [0.2, 0.25) is 0 Å².